The van der Waals surface area contributed by atoms with Gasteiger partial charge in [-0.05, 0) is 18.9 Å². The van der Waals surface area contributed by atoms with E-state index in [1.165, 1.54) is 5.56 Å². The standard InChI is InChI=1S/C16H21F3N2O/c1-12-9-14(20-15(22)7-8-16(17,18)19)11-21(12)10-13-5-3-2-4-6-13/h2-6,12,14H,7-11H2,1H3,(H,20,22)/t12-,14-/m0/s1. The number of nitrogens with zero attached hydrogens (tertiary/aromatic N) is 1. The second-order valence-corrected chi connectivity index (χ2v) is 5.88. The number of hydrogen-bond donors (Lipinski definition) is 1. The zero-order valence-corrected chi connectivity index (χ0v) is 12.6. The van der Waals surface area contributed by atoms with Crippen molar-refractivity contribution in [3.05, 3.63) is 35.9 Å². The number of benzene rings is 1. The lowest BCUT2D eigenvalue weighted by Crippen LogP contribution is -2.37. The molecule has 0 bridgehead atoms. The van der Waals surface area contributed by atoms with Crippen molar-refractivity contribution in [2.75, 3.05) is 6.54 Å². The average Bonchev–Trinajstić information content (AvgIpc) is 2.77. The number of halogens is 3. The molecule has 1 amide bonds. The first-order chi connectivity index (χ1) is 10.3. The minimum Gasteiger partial charge on any atom is -0.352 e. The molecule has 1 aliphatic rings. The van der Waals surface area contributed by atoms with Gasteiger partial charge in [-0.15, -0.1) is 0 Å². The summed E-state index contributed by atoms with van der Waals surface area (Å²) in [7, 11) is 0. The highest BCUT2D eigenvalue weighted by atomic mass is 19.4. The van der Waals surface area contributed by atoms with Gasteiger partial charge in [-0.2, -0.15) is 13.2 Å². The highest BCUT2D eigenvalue weighted by Gasteiger charge is 2.31. The lowest BCUT2D eigenvalue weighted by atomic mass is 10.1. The van der Waals surface area contributed by atoms with Crippen molar-refractivity contribution < 1.29 is 18.0 Å². The topological polar surface area (TPSA) is 32.3 Å². The number of rotatable bonds is 5. The number of carbonyl (C=O) groups is 1. The first-order valence-corrected chi connectivity index (χ1v) is 7.47. The van der Waals surface area contributed by atoms with Crippen molar-refractivity contribution in [1.82, 2.24) is 10.2 Å². The van der Waals surface area contributed by atoms with Gasteiger partial charge >= 0.3 is 6.18 Å². The Labute approximate surface area is 128 Å². The molecule has 1 N–H and O–H groups in total. The first kappa shape index (κ1) is 16.8. The van der Waals surface area contributed by atoms with Crippen LogP contribution in [0.1, 0.15) is 31.7 Å². The van der Waals surface area contributed by atoms with Crippen LogP contribution < -0.4 is 5.32 Å². The molecule has 22 heavy (non-hydrogen) atoms. The van der Waals surface area contributed by atoms with Crippen LogP contribution in [0.3, 0.4) is 0 Å². The van der Waals surface area contributed by atoms with E-state index in [2.05, 4.69) is 17.1 Å². The summed E-state index contributed by atoms with van der Waals surface area (Å²) in [4.78, 5) is 13.8. The Morgan fingerprint density at radius 3 is 2.64 bits per heavy atom. The van der Waals surface area contributed by atoms with Crippen LogP contribution in [0, 0.1) is 0 Å². The molecule has 2 rings (SSSR count). The summed E-state index contributed by atoms with van der Waals surface area (Å²) in [6.07, 6.45) is -5.06. The van der Waals surface area contributed by atoms with Crippen molar-refractivity contribution in [2.45, 2.75) is 51.0 Å². The lowest BCUT2D eigenvalue weighted by Gasteiger charge is -2.20. The van der Waals surface area contributed by atoms with Crippen molar-refractivity contribution >= 4 is 5.91 Å². The molecule has 2 atom stereocenters. The maximum Gasteiger partial charge on any atom is 0.389 e. The molecule has 1 saturated heterocycles. The van der Waals surface area contributed by atoms with Crippen LogP contribution in [-0.2, 0) is 11.3 Å². The third-order valence-electron chi connectivity index (χ3n) is 3.93. The highest BCUT2D eigenvalue weighted by Crippen LogP contribution is 2.22. The molecule has 0 unspecified atom stereocenters. The maximum absolute atomic E-state index is 12.1. The largest absolute Gasteiger partial charge is 0.389 e. The third-order valence-corrected chi connectivity index (χ3v) is 3.93. The summed E-state index contributed by atoms with van der Waals surface area (Å²) >= 11 is 0. The van der Waals surface area contributed by atoms with Crippen LogP contribution >= 0.6 is 0 Å². The van der Waals surface area contributed by atoms with Gasteiger partial charge < -0.3 is 5.32 Å². The van der Waals surface area contributed by atoms with Crippen LogP contribution in [0.5, 0.6) is 0 Å². The van der Waals surface area contributed by atoms with Crippen LogP contribution in [0.25, 0.3) is 0 Å². The summed E-state index contributed by atoms with van der Waals surface area (Å²) in [5.41, 5.74) is 1.19. The predicted octanol–water partition coefficient (Wildman–Crippen LogP) is 3.11. The van der Waals surface area contributed by atoms with Crippen LogP contribution in [-0.4, -0.2) is 35.6 Å². The van der Waals surface area contributed by atoms with E-state index in [-0.39, 0.29) is 6.04 Å². The molecule has 6 heteroatoms. The minimum absolute atomic E-state index is 0.0700. The van der Waals surface area contributed by atoms with E-state index < -0.39 is 24.9 Å². The fraction of sp³-hybridized carbons (Fsp3) is 0.562. The number of nitrogens with one attached hydrogen (secondary N) is 1. The number of hydrogen-bond acceptors (Lipinski definition) is 2. The summed E-state index contributed by atoms with van der Waals surface area (Å²) in [6, 6.07) is 10.2. The second kappa shape index (κ2) is 7.13. The van der Waals surface area contributed by atoms with Gasteiger partial charge in [0.2, 0.25) is 5.91 Å². The van der Waals surface area contributed by atoms with E-state index in [0.29, 0.717) is 12.6 Å². The van der Waals surface area contributed by atoms with Gasteiger partial charge in [0.1, 0.15) is 0 Å². The van der Waals surface area contributed by atoms with Crippen molar-refractivity contribution in [2.24, 2.45) is 0 Å². The van der Waals surface area contributed by atoms with Crippen LogP contribution in [0.2, 0.25) is 0 Å². The van der Waals surface area contributed by atoms with Gasteiger partial charge in [0.25, 0.3) is 0 Å². The zero-order valence-electron chi connectivity index (χ0n) is 12.6. The third kappa shape index (κ3) is 5.33. The number of alkyl halides is 3. The Morgan fingerprint density at radius 2 is 2.00 bits per heavy atom. The Bertz CT molecular complexity index is 490. The first-order valence-electron chi connectivity index (χ1n) is 7.47. The van der Waals surface area contributed by atoms with E-state index in [0.717, 1.165) is 13.0 Å². The quantitative estimate of drug-likeness (QED) is 0.906. The fourth-order valence-corrected chi connectivity index (χ4v) is 2.80. The Hall–Kier alpha value is -1.56. The highest BCUT2D eigenvalue weighted by molar-refractivity contribution is 5.76. The Kier molecular flexibility index (Phi) is 5.45. The molecule has 0 saturated carbocycles. The molecular formula is C16H21F3N2O. The summed E-state index contributed by atoms with van der Waals surface area (Å²) in [5.74, 6) is -0.518. The molecule has 0 spiro atoms. The Balaban J connectivity index is 1.79. The summed E-state index contributed by atoms with van der Waals surface area (Å²) in [5, 5.41) is 2.72. The van der Waals surface area contributed by atoms with Crippen molar-refractivity contribution in [3.8, 4) is 0 Å². The number of carbonyl (C=O) groups excluding carboxylic acids is 1. The van der Waals surface area contributed by atoms with Gasteiger partial charge in [0.05, 0.1) is 6.42 Å². The van der Waals surface area contributed by atoms with Crippen LogP contribution in [0.4, 0.5) is 13.2 Å². The van der Waals surface area contributed by atoms with Gasteiger partial charge in [-0.25, -0.2) is 0 Å². The van der Waals surface area contributed by atoms with Crippen molar-refractivity contribution in [3.63, 3.8) is 0 Å². The number of amides is 1. The van der Waals surface area contributed by atoms with Gasteiger partial charge in [0.15, 0.2) is 0 Å². The molecule has 1 aromatic rings. The molecule has 1 aromatic carbocycles. The van der Waals surface area contributed by atoms with Gasteiger partial charge in [-0.3, -0.25) is 9.69 Å². The molecule has 0 aromatic heterocycles. The normalized spacial score (nSPS) is 22.7. The summed E-state index contributed by atoms with van der Waals surface area (Å²) in [6.45, 7) is 3.54. The van der Waals surface area contributed by atoms with E-state index >= 15 is 0 Å². The van der Waals surface area contributed by atoms with Gasteiger partial charge in [0, 0.05) is 31.6 Å². The lowest BCUT2D eigenvalue weighted by molar-refractivity contribution is -0.144. The molecule has 1 fully saturated rings. The van der Waals surface area contributed by atoms with E-state index in [9.17, 15) is 18.0 Å². The minimum atomic E-state index is -4.28. The maximum atomic E-state index is 12.1. The predicted molar refractivity (Wildman–Crippen MR) is 78.2 cm³/mol. The smallest absolute Gasteiger partial charge is 0.352 e. The zero-order chi connectivity index (χ0) is 16.2. The van der Waals surface area contributed by atoms with Crippen molar-refractivity contribution in [1.29, 1.82) is 0 Å². The summed E-state index contributed by atoms with van der Waals surface area (Å²) < 4.78 is 36.3. The van der Waals surface area contributed by atoms with Gasteiger partial charge in [-0.1, -0.05) is 30.3 Å². The second-order valence-electron chi connectivity index (χ2n) is 5.88. The molecular weight excluding hydrogens is 293 g/mol. The molecule has 122 valence electrons. The van der Waals surface area contributed by atoms with E-state index in [1.807, 2.05) is 30.3 Å². The van der Waals surface area contributed by atoms with E-state index in [4.69, 9.17) is 0 Å². The monoisotopic (exact) mass is 314 g/mol. The SMILES string of the molecule is C[C@H]1C[C@H](NC(=O)CCC(F)(F)F)CN1Cc1ccccc1. The molecule has 1 heterocycles. The molecule has 1 aliphatic heterocycles. The molecule has 0 radical (unpaired) electrons. The fourth-order valence-electron chi connectivity index (χ4n) is 2.80. The average molecular weight is 314 g/mol. The molecule has 3 nitrogen and oxygen atoms in total. The van der Waals surface area contributed by atoms with Crippen LogP contribution in [0.15, 0.2) is 30.3 Å². The number of likely N-dealkylation sites (tertiary alicyclic amines) is 1. The molecule has 0 aliphatic carbocycles. The van der Waals surface area contributed by atoms with E-state index in [1.54, 1.807) is 0 Å². The Morgan fingerprint density at radius 1 is 1.32 bits per heavy atom.